The second kappa shape index (κ2) is 7.81. The average Bonchev–Trinajstić information content (AvgIpc) is 2.60. The zero-order valence-corrected chi connectivity index (χ0v) is 15.1. The Morgan fingerprint density at radius 3 is 2.38 bits per heavy atom. The number of halogens is 1. The van der Waals surface area contributed by atoms with Crippen LogP contribution in [0, 0.1) is 10.1 Å². The van der Waals surface area contributed by atoms with Gasteiger partial charge >= 0.3 is 5.97 Å². The van der Waals surface area contributed by atoms with E-state index in [2.05, 4.69) is 0 Å². The minimum Gasteiger partial charge on any atom is -0.480 e. The van der Waals surface area contributed by atoms with Crippen LogP contribution in [0.25, 0.3) is 0 Å². The van der Waals surface area contributed by atoms with E-state index in [9.17, 15) is 28.4 Å². The van der Waals surface area contributed by atoms with Crippen LogP contribution in [0.4, 0.5) is 5.69 Å². The zero-order valence-electron chi connectivity index (χ0n) is 13.6. The quantitative estimate of drug-likeness (QED) is 0.565. The number of aliphatic carboxylic acids is 1. The van der Waals surface area contributed by atoms with E-state index in [1.54, 1.807) is 18.2 Å². The number of rotatable bonds is 7. The van der Waals surface area contributed by atoms with Crippen molar-refractivity contribution >= 4 is 33.3 Å². The molecule has 1 unspecified atom stereocenters. The van der Waals surface area contributed by atoms with Crippen molar-refractivity contribution in [1.29, 1.82) is 0 Å². The van der Waals surface area contributed by atoms with Gasteiger partial charge in [0.15, 0.2) is 4.90 Å². The Balaban J connectivity index is 2.60. The summed E-state index contributed by atoms with van der Waals surface area (Å²) in [6, 6.07) is 9.69. The second-order valence-corrected chi connectivity index (χ2v) is 7.65. The van der Waals surface area contributed by atoms with Crippen molar-refractivity contribution in [1.82, 2.24) is 4.31 Å². The van der Waals surface area contributed by atoms with Gasteiger partial charge in [0.1, 0.15) is 6.04 Å². The Morgan fingerprint density at radius 1 is 1.23 bits per heavy atom. The standard InChI is InChI=1S/C16H15ClN2O6S/c1-11(16(20)21)18(10-12-6-2-3-7-13(12)17)26(24,25)15-9-5-4-8-14(15)19(22)23/h2-9,11H,10H2,1H3,(H,20,21). The third-order valence-corrected chi connectivity index (χ3v) is 6.05. The largest absolute Gasteiger partial charge is 0.480 e. The van der Waals surface area contributed by atoms with Gasteiger partial charge in [0.05, 0.1) is 4.92 Å². The van der Waals surface area contributed by atoms with Crippen molar-refractivity contribution in [3.8, 4) is 0 Å². The van der Waals surface area contributed by atoms with E-state index in [4.69, 9.17) is 11.6 Å². The Morgan fingerprint density at radius 2 is 1.81 bits per heavy atom. The molecule has 138 valence electrons. The normalized spacial score (nSPS) is 12.7. The summed E-state index contributed by atoms with van der Waals surface area (Å²) in [4.78, 5) is 21.2. The van der Waals surface area contributed by atoms with E-state index in [1.807, 2.05) is 0 Å². The van der Waals surface area contributed by atoms with Gasteiger partial charge in [-0.3, -0.25) is 14.9 Å². The molecule has 0 heterocycles. The number of benzene rings is 2. The van der Waals surface area contributed by atoms with Gasteiger partial charge in [0, 0.05) is 17.6 Å². The molecule has 1 N–H and O–H groups in total. The number of para-hydroxylation sites is 1. The number of nitro groups is 1. The number of nitro benzene ring substituents is 1. The van der Waals surface area contributed by atoms with Crippen molar-refractivity contribution in [3.63, 3.8) is 0 Å². The molecule has 10 heteroatoms. The van der Waals surface area contributed by atoms with Crippen LogP contribution >= 0.6 is 11.6 Å². The fourth-order valence-electron chi connectivity index (χ4n) is 2.30. The first-order valence-electron chi connectivity index (χ1n) is 7.37. The molecule has 8 nitrogen and oxygen atoms in total. The van der Waals surface area contributed by atoms with Crippen LogP contribution in [-0.4, -0.2) is 34.8 Å². The van der Waals surface area contributed by atoms with Crippen LogP contribution in [0.1, 0.15) is 12.5 Å². The number of carboxylic acids is 1. The van der Waals surface area contributed by atoms with Crippen LogP contribution < -0.4 is 0 Å². The second-order valence-electron chi connectivity index (χ2n) is 5.38. The van der Waals surface area contributed by atoms with Crippen LogP contribution in [-0.2, 0) is 21.4 Å². The summed E-state index contributed by atoms with van der Waals surface area (Å²) in [5, 5.41) is 20.8. The molecule has 0 aliphatic carbocycles. The lowest BCUT2D eigenvalue weighted by Crippen LogP contribution is -2.42. The van der Waals surface area contributed by atoms with Crippen molar-refractivity contribution < 1.29 is 23.2 Å². The molecule has 0 amide bonds. The molecule has 0 aromatic heterocycles. The highest BCUT2D eigenvalue weighted by molar-refractivity contribution is 7.89. The molecule has 2 rings (SSSR count). The van der Waals surface area contributed by atoms with Crippen molar-refractivity contribution in [2.45, 2.75) is 24.4 Å². The van der Waals surface area contributed by atoms with Crippen molar-refractivity contribution in [3.05, 3.63) is 69.2 Å². The summed E-state index contributed by atoms with van der Waals surface area (Å²) >= 11 is 6.05. The van der Waals surface area contributed by atoms with Gasteiger partial charge in [0.25, 0.3) is 15.7 Å². The molecule has 0 saturated carbocycles. The third kappa shape index (κ3) is 4.01. The summed E-state index contributed by atoms with van der Waals surface area (Å²) in [5.41, 5.74) is -0.251. The van der Waals surface area contributed by atoms with Crippen molar-refractivity contribution in [2.75, 3.05) is 0 Å². The maximum atomic E-state index is 13.0. The molecule has 0 aliphatic heterocycles. The average molecular weight is 399 g/mol. The zero-order chi connectivity index (χ0) is 19.5. The Bertz CT molecular complexity index is 947. The van der Waals surface area contributed by atoms with Crippen molar-refractivity contribution in [2.24, 2.45) is 0 Å². The number of carboxylic acid groups (broad SMARTS) is 1. The minimum atomic E-state index is -4.48. The number of sulfonamides is 1. The topological polar surface area (TPSA) is 118 Å². The van der Waals surface area contributed by atoms with E-state index in [-0.39, 0.29) is 11.6 Å². The molecule has 0 saturated heterocycles. The predicted octanol–water partition coefficient (Wildman–Crippen LogP) is 2.91. The smallest absolute Gasteiger partial charge is 0.321 e. The summed E-state index contributed by atoms with van der Waals surface area (Å²) in [6.07, 6.45) is 0. The summed E-state index contributed by atoms with van der Waals surface area (Å²) in [6.45, 7) is 0.840. The molecule has 0 bridgehead atoms. The summed E-state index contributed by atoms with van der Waals surface area (Å²) in [7, 11) is -4.48. The van der Waals surface area contributed by atoms with Gasteiger partial charge in [-0.25, -0.2) is 8.42 Å². The van der Waals surface area contributed by atoms with E-state index >= 15 is 0 Å². The van der Waals surface area contributed by atoms with Crippen LogP contribution in [0.5, 0.6) is 0 Å². The monoisotopic (exact) mass is 398 g/mol. The maximum absolute atomic E-state index is 13.0. The van der Waals surface area contributed by atoms with Gasteiger partial charge in [-0.15, -0.1) is 0 Å². The van der Waals surface area contributed by atoms with Gasteiger partial charge in [-0.1, -0.05) is 41.9 Å². The third-order valence-electron chi connectivity index (χ3n) is 3.72. The van der Waals surface area contributed by atoms with E-state index in [0.717, 1.165) is 12.1 Å². The summed E-state index contributed by atoms with van der Waals surface area (Å²) < 4.78 is 26.7. The van der Waals surface area contributed by atoms with Gasteiger partial charge < -0.3 is 5.11 Å². The Kier molecular flexibility index (Phi) is 5.96. The number of nitrogens with zero attached hydrogens (tertiary/aromatic N) is 2. The minimum absolute atomic E-state index is 0.257. The Labute approximate surface area is 154 Å². The van der Waals surface area contributed by atoms with Crippen LogP contribution in [0.2, 0.25) is 5.02 Å². The first-order chi connectivity index (χ1) is 12.2. The highest BCUT2D eigenvalue weighted by Crippen LogP contribution is 2.29. The highest BCUT2D eigenvalue weighted by Gasteiger charge is 2.37. The number of carbonyl (C=O) groups is 1. The van der Waals surface area contributed by atoms with Gasteiger partial charge in [-0.2, -0.15) is 4.31 Å². The lowest BCUT2D eigenvalue weighted by Gasteiger charge is -2.26. The SMILES string of the molecule is CC(C(=O)O)N(Cc1ccccc1Cl)S(=O)(=O)c1ccccc1[N+](=O)[O-]. The van der Waals surface area contributed by atoms with Crippen LogP contribution in [0.3, 0.4) is 0 Å². The van der Waals surface area contributed by atoms with Gasteiger partial charge in [-0.05, 0) is 24.6 Å². The lowest BCUT2D eigenvalue weighted by molar-refractivity contribution is -0.387. The molecule has 0 fully saturated rings. The number of hydrogen-bond donors (Lipinski definition) is 1. The highest BCUT2D eigenvalue weighted by atomic mass is 35.5. The molecule has 2 aromatic carbocycles. The maximum Gasteiger partial charge on any atom is 0.321 e. The molecule has 26 heavy (non-hydrogen) atoms. The molecule has 2 aromatic rings. The molecule has 0 spiro atoms. The first kappa shape index (κ1) is 19.8. The fraction of sp³-hybridized carbons (Fsp3) is 0.188. The first-order valence-corrected chi connectivity index (χ1v) is 9.19. The molecule has 0 aliphatic rings. The summed E-state index contributed by atoms with van der Waals surface area (Å²) in [5.74, 6) is -1.39. The predicted molar refractivity (Wildman–Crippen MR) is 94.4 cm³/mol. The molecule has 1 atom stereocenters. The van der Waals surface area contributed by atoms with E-state index in [0.29, 0.717) is 9.87 Å². The Hall–Kier alpha value is -2.49. The van der Waals surface area contributed by atoms with Gasteiger partial charge in [0.2, 0.25) is 0 Å². The number of hydrogen-bond acceptors (Lipinski definition) is 5. The molecular formula is C16H15ClN2O6S. The lowest BCUT2D eigenvalue weighted by atomic mass is 10.2. The van der Waals surface area contributed by atoms with E-state index < -0.39 is 37.5 Å². The molecule has 0 radical (unpaired) electrons. The fourth-order valence-corrected chi connectivity index (χ4v) is 4.22. The molecular weight excluding hydrogens is 384 g/mol. The van der Waals surface area contributed by atoms with E-state index in [1.165, 1.54) is 25.1 Å². The van der Waals surface area contributed by atoms with Crippen LogP contribution in [0.15, 0.2) is 53.4 Å².